The van der Waals surface area contributed by atoms with Crippen LogP contribution in [-0.2, 0) is 23.9 Å². The highest BCUT2D eigenvalue weighted by atomic mass is 16.6. The van der Waals surface area contributed by atoms with Gasteiger partial charge in [-0.2, -0.15) is 0 Å². The zero-order valence-electron chi connectivity index (χ0n) is 22.3. The number of furan rings is 1. The number of Topliss-reactive ketones (excluding diaryl/α,β-unsaturated/α-hetero) is 1. The normalized spacial score (nSPS) is 48.8. The number of aliphatic hydroxyl groups is 3. The molecule has 1 aromatic heterocycles. The van der Waals surface area contributed by atoms with Crippen LogP contribution in [0.2, 0.25) is 0 Å². The SMILES string of the molecule is CC(=O)OC1CC(=O)OC(C)(C)C2CC(O)C3(C)C4C(=O)CC(c5ccoc5)C4(C)C(O)C(O)C3C12C. The average Bonchev–Trinajstić information content (AvgIpc) is 3.38. The largest absolute Gasteiger partial charge is 0.472 e. The molecule has 0 amide bonds. The molecule has 1 aliphatic heterocycles. The van der Waals surface area contributed by atoms with E-state index in [9.17, 15) is 29.7 Å². The van der Waals surface area contributed by atoms with Crippen molar-refractivity contribution in [3.8, 4) is 0 Å². The van der Waals surface area contributed by atoms with Gasteiger partial charge in [-0.3, -0.25) is 14.4 Å². The van der Waals surface area contributed by atoms with E-state index >= 15 is 0 Å². The minimum absolute atomic E-state index is 0.0995. The quantitative estimate of drug-likeness (QED) is 0.503. The molecule has 3 N–H and O–H groups in total. The number of fused-ring (bicyclic) bond motifs is 5. The molecule has 204 valence electrons. The first kappa shape index (κ1) is 26.4. The molecule has 0 spiro atoms. The van der Waals surface area contributed by atoms with Gasteiger partial charge in [-0.1, -0.05) is 20.8 Å². The Balaban J connectivity index is 1.73. The lowest BCUT2D eigenvalue weighted by molar-refractivity contribution is -0.299. The van der Waals surface area contributed by atoms with Crippen LogP contribution in [-0.4, -0.2) is 63.1 Å². The van der Waals surface area contributed by atoms with E-state index in [1.54, 1.807) is 26.2 Å². The van der Waals surface area contributed by atoms with Crippen molar-refractivity contribution < 1.29 is 43.6 Å². The van der Waals surface area contributed by atoms with E-state index in [4.69, 9.17) is 13.9 Å². The van der Waals surface area contributed by atoms with Gasteiger partial charge in [0.1, 0.15) is 17.5 Å². The predicted molar refractivity (Wildman–Crippen MR) is 129 cm³/mol. The second kappa shape index (κ2) is 8.13. The van der Waals surface area contributed by atoms with E-state index in [0.717, 1.165) is 5.56 Å². The summed E-state index contributed by atoms with van der Waals surface area (Å²) in [6, 6.07) is 1.77. The fraction of sp³-hybridized carbons (Fsp3) is 0.750. The van der Waals surface area contributed by atoms with E-state index < -0.39 is 81.9 Å². The van der Waals surface area contributed by atoms with Gasteiger partial charge in [-0.15, -0.1) is 0 Å². The number of carbonyl (C=O) groups is 3. The first-order valence-electron chi connectivity index (χ1n) is 13.1. The van der Waals surface area contributed by atoms with Gasteiger partial charge in [0.2, 0.25) is 0 Å². The number of cyclic esters (lactones) is 1. The van der Waals surface area contributed by atoms with Crippen LogP contribution in [0.5, 0.6) is 0 Å². The highest BCUT2D eigenvalue weighted by molar-refractivity contribution is 5.87. The summed E-state index contributed by atoms with van der Waals surface area (Å²) in [5.41, 5.74) is -3.68. The zero-order chi connectivity index (χ0) is 27.3. The van der Waals surface area contributed by atoms with Crippen LogP contribution in [0.3, 0.4) is 0 Å². The number of carbonyl (C=O) groups excluding carboxylic acids is 3. The average molecular weight is 519 g/mol. The number of esters is 2. The Hall–Kier alpha value is -2.23. The van der Waals surface area contributed by atoms with Gasteiger partial charge in [0, 0.05) is 53.3 Å². The van der Waals surface area contributed by atoms with Crippen molar-refractivity contribution in [3.05, 3.63) is 24.2 Å². The fourth-order valence-electron chi connectivity index (χ4n) is 9.52. The Morgan fingerprint density at radius 3 is 2.30 bits per heavy atom. The molecule has 1 aromatic rings. The predicted octanol–water partition coefficient (Wildman–Crippen LogP) is 2.36. The van der Waals surface area contributed by atoms with Crippen molar-refractivity contribution in [2.75, 3.05) is 0 Å². The molecule has 3 saturated carbocycles. The summed E-state index contributed by atoms with van der Waals surface area (Å²) in [7, 11) is 0. The van der Waals surface area contributed by atoms with Crippen molar-refractivity contribution in [2.45, 2.75) is 96.7 Å². The molecular weight excluding hydrogens is 480 g/mol. The number of rotatable bonds is 2. The molecule has 9 nitrogen and oxygen atoms in total. The smallest absolute Gasteiger partial charge is 0.310 e. The van der Waals surface area contributed by atoms with Crippen LogP contribution in [0.1, 0.15) is 72.3 Å². The van der Waals surface area contributed by atoms with Crippen LogP contribution >= 0.6 is 0 Å². The molecule has 1 saturated heterocycles. The topological polar surface area (TPSA) is 144 Å². The van der Waals surface area contributed by atoms with Gasteiger partial charge in [0.15, 0.2) is 0 Å². The van der Waals surface area contributed by atoms with Crippen LogP contribution in [0.4, 0.5) is 0 Å². The molecule has 2 heterocycles. The molecule has 4 aliphatic rings. The van der Waals surface area contributed by atoms with Crippen molar-refractivity contribution in [1.82, 2.24) is 0 Å². The molecule has 11 atom stereocenters. The van der Waals surface area contributed by atoms with Gasteiger partial charge in [-0.25, -0.2) is 0 Å². The first-order chi connectivity index (χ1) is 17.1. The summed E-state index contributed by atoms with van der Waals surface area (Å²) in [6.45, 7) is 10.2. The minimum atomic E-state index is -1.38. The highest BCUT2D eigenvalue weighted by Crippen LogP contribution is 2.73. The summed E-state index contributed by atoms with van der Waals surface area (Å²) in [6.07, 6.45) is -1.59. The maximum absolute atomic E-state index is 13.8. The first-order valence-corrected chi connectivity index (χ1v) is 13.1. The molecule has 5 rings (SSSR count). The molecule has 4 fully saturated rings. The van der Waals surface area contributed by atoms with E-state index in [-0.39, 0.29) is 25.0 Å². The molecular formula is C28H38O9. The summed E-state index contributed by atoms with van der Waals surface area (Å²) in [4.78, 5) is 38.9. The second-order valence-corrected chi connectivity index (χ2v) is 12.9. The molecule has 37 heavy (non-hydrogen) atoms. The van der Waals surface area contributed by atoms with E-state index in [1.807, 2.05) is 20.8 Å². The molecule has 11 unspecified atom stereocenters. The van der Waals surface area contributed by atoms with Crippen molar-refractivity contribution in [2.24, 2.45) is 34.0 Å². The summed E-state index contributed by atoms with van der Waals surface area (Å²) in [5, 5.41) is 35.7. The van der Waals surface area contributed by atoms with Crippen molar-refractivity contribution in [3.63, 3.8) is 0 Å². The molecule has 0 radical (unpaired) electrons. The second-order valence-electron chi connectivity index (χ2n) is 12.9. The van der Waals surface area contributed by atoms with Crippen LogP contribution < -0.4 is 0 Å². The van der Waals surface area contributed by atoms with Gasteiger partial charge >= 0.3 is 11.9 Å². The van der Waals surface area contributed by atoms with Crippen molar-refractivity contribution >= 4 is 17.7 Å². The van der Waals surface area contributed by atoms with Crippen LogP contribution in [0, 0.1) is 34.0 Å². The maximum atomic E-state index is 13.8. The van der Waals surface area contributed by atoms with Gasteiger partial charge in [0.05, 0.1) is 37.3 Å². The standard InChI is InChI=1S/C28H38O9/c1-13(29)36-19-11-20(32)37-25(2,3)17-10-18(31)28(6)22-16(30)9-15(14-7-8-35-12-14)26(22,4)24(34)21(33)23(28)27(17,19)5/h7-8,12,15,17-19,21-24,31,33-34H,9-11H2,1-6H3. The summed E-state index contributed by atoms with van der Waals surface area (Å²) < 4.78 is 16.8. The lowest BCUT2D eigenvalue weighted by atomic mass is 9.37. The number of hydrogen-bond acceptors (Lipinski definition) is 9. The van der Waals surface area contributed by atoms with E-state index in [2.05, 4.69) is 0 Å². The Morgan fingerprint density at radius 2 is 1.70 bits per heavy atom. The number of aliphatic hydroxyl groups excluding tert-OH is 3. The van der Waals surface area contributed by atoms with Gasteiger partial charge in [-0.05, 0) is 31.9 Å². The van der Waals surface area contributed by atoms with Crippen molar-refractivity contribution in [1.29, 1.82) is 0 Å². The third-order valence-corrected chi connectivity index (χ3v) is 10.8. The van der Waals surface area contributed by atoms with E-state index in [0.29, 0.717) is 0 Å². The van der Waals surface area contributed by atoms with Crippen LogP contribution in [0.25, 0.3) is 0 Å². The number of ether oxygens (including phenoxy) is 2. The van der Waals surface area contributed by atoms with E-state index in [1.165, 1.54) is 13.2 Å². The van der Waals surface area contributed by atoms with Gasteiger partial charge in [0.25, 0.3) is 0 Å². The Morgan fingerprint density at radius 1 is 1.03 bits per heavy atom. The highest BCUT2D eigenvalue weighted by Gasteiger charge is 2.78. The lowest BCUT2D eigenvalue weighted by Gasteiger charge is -2.69. The summed E-state index contributed by atoms with van der Waals surface area (Å²) in [5.74, 6) is -3.85. The Kier molecular flexibility index (Phi) is 5.80. The third kappa shape index (κ3) is 3.29. The summed E-state index contributed by atoms with van der Waals surface area (Å²) >= 11 is 0. The zero-order valence-corrected chi connectivity index (χ0v) is 22.3. The number of hydrogen-bond donors (Lipinski definition) is 3. The third-order valence-electron chi connectivity index (χ3n) is 10.8. The molecule has 0 aromatic carbocycles. The number of ketones is 1. The van der Waals surface area contributed by atoms with Crippen LogP contribution in [0.15, 0.2) is 23.0 Å². The molecule has 9 heteroatoms. The monoisotopic (exact) mass is 518 g/mol. The minimum Gasteiger partial charge on any atom is -0.472 e. The Bertz CT molecular complexity index is 1110. The lowest BCUT2D eigenvalue weighted by Crippen LogP contribution is -2.75. The molecule has 3 aliphatic carbocycles. The molecule has 0 bridgehead atoms. The maximum Gasteiger partial charge on any atom is 0.310 e. The Labute approximate surface area is 216 Å². The van der Waals surface area contributed by atoms with Gasteiger partial charge < -0.3 is 29.2 Å². The fourth-order valence-corrected chi connectivity index (χ4v) is 9.52.